The molecule has 0 radical (unpaired) electrons. The first-order valence-corrected chi connectivity index (χ1v) is 4.77. The first-order chi connectivity index (χ1) is 8.36. The summed E-state index contributed by atoms with van der Waals surface area (Å²) in [7, 11) is 0. The average Bonchev–Trinajstić information content (AvgIpc) is 3.00. The molecule has 0 aliphatic carbocycles. The summed E-state index contributed by atoms with van der Waals surface area (Å²) >= 11 is 0. The van der Waals surface area contributed by atoms with Gasteiger partial charge in [0.25, 0.3) is 5.95 Å². The van der Waals surface area contributed by atoms with Crippen LogP contribution in [0, 0.1) is 6.92 Å². The third-order valence-electron chi connectivity index (χ3n) is 2.16. The first kappa shape index (κ1) is 9.51. The summed E-state index contributed by atoms with van der Waals surface area (Å²) in [5, 5.41) is 18.8. The van der Waals surface area contributed by atoms with Crippen molar-refractivity contribution in [2.45, 2.75) is 6.92 Å². The molecule has 0 aromatic carbocycles. The van der Waals surface area contributed by atoms with E-state index in [0.717, 1.165) is 5.69 Å². The van der Waals surface area contributed by atoms with Crippen molar-refractivity contribution in [2.24, 2.45) is 0 Å². The highest BCUT2D eigenvalue weighted by Gasteiger charge is 2.13. The third-order valence-corrected chi connectivity index (χ3v) is 2.16. The second-order valence-corrected chi connectivity index (χ2v) is 3.23. The lowest BCUT2D eigenvalue weighted by Gasteiger charge is -2.04. The van der Waals surface area contributed by atoms with Crippen molar-refractivity contribution in [1.29, 1.82) is 0 Å². The number of tetrazole rings is 1. The molecule has 0 unspecified atom stereocenters. The van der Waals surface area contributed by atoms with E-state index in [4.69, 9.17) is 0 Å². The van der Waals surface area contributed by atoms with Gasteiger partial charge >= 0.3 is 0 Å². The zero-order valence-electron chi connectivity index (χ0n) is 8.83. The van der Waals surface area contributed by atoms with Crippen LogP contribution in [-0.4, -0.2) is 44.9 Å². The van der Waals surface area contributed by atoms with Crippen molar-refractivity contribution in [3.05, 3.63) is 30.7 Å². The van der Waals surface area contributed by atoms with Gasteiger partial charge in [-0.25, -0.2) is 4.98 Å². The number of aryl methyl sites for hydroxylation is 1. The van der Waals surface area contributed by atoms with Crippen molar-refractivity contribution in [2.75, 3.05) is 0 Å². The minimum atomic E-state index is 0.457. The van der Waals surface area contributed by atoms with Crippen LogP contribution in [0.4, 0.5) is 0 Å². The average molecular weight is 229 g/mol. The molecule has 0 amide bonds. The lowest BCUT2D eigenvalue weighted by Crippen LogP contribution is -2.09. The van der Waals surface area contributed by atoms with Crippen LogP contribution in [0.2, 0.25) is 0 Å². The molecule has 9 heteroatoms. The Balaban J connectivity index is 2.17. The van der Waals surface area contributed by atoms with Crippen LogP contribution in [0.25, 0.3) is 11.8 Å². The zero-order chi connectivity index (χ0) is 11.7. The molecule has 0 atom stereocenters. The van der Waals surface area contributed by atoms with E-state index in [-0.39, 0.29) is 0 Å². The molecule has 0 N–H and O–H groups in total. The fourth-order valence-electron chi connectivity index (χ4n) is 1.39. The summed E-state index contributed by atoms with van der Waals surface area (Å²) in [5.74, 6) is 1.03. The van der Waals surface area contributed by atoms with Crippen LogP contribution in [0.1, 0.15) is 5.69 Å². The molecule has 3 rings (SSSR count). The van der Waals surface area contributed by atoms with Crippen molar-refractivity contribution in [1.82, 2.24) is 44.9 Å². The summed E-state index contributed by atoms with van der Waals surface area (Å²) in [4.78, 5) is 8.33. The number of rotatable bonds is 2. The molecule has 3 aromatic heterocycles. The van der Waals surface area contributed by atoms with Gasteiger partial charge in [-0.15, -0.1) is 10.2 Å². The maximum absolute atomic E-state index is 4.20. The van der Waals surface area contributed by atoms with Crippen molar-refractivity contribution in [3.63, 3.8) is 0 Å². The second kappa shape index (κ2) is 3.70. The fraction of sp³-hybridized carbons (Fsp3) is 0.125. The predicted molar refractivity (Wildman–Crippen MR) is 54.4 cm³/mol. The van der Waals surface area contributed by atoms with E-state index in [1.54, 1.807) is 17.0 Å². The van der Waals surface area contributed by atoms with Gasteiger partial charge in [0.2, 0.25) is 0 Å². The highest BCUT2D eigenvalue weighted by molar-refractivity contribution is 5.29. The lowest BCUT2D eigenvalue weighted by molar-refractivity contribution is 0.741. The van der Waals surface area contributed by atoms with Crippen LogP contribution < -0.4 is 0 Å². The van der Waals surface area contributed by atoms with Gasteiger partial charge in [0.15, 0.2) is 5.82 Å². The molecule has 0 spiro atoms. The number of hydrogen-bond acceptors (Lipinski definition) is 7. The highest BCUT2D eigenvalue weighted by Crippen LogP contribution is 2.09. The van der Waals surface area contributed by atoms with Crippen molar-refractivity contribution >= 4 is 0 Å². The topological polar surface area (TPSA) is 100 Å². The van der Waals surface area contributed by atoms with Gasteiger partial charge in [0.05, 0.1) is 5.69 Å². The minimum absolute atomic E-state index is 0.457. The van der Waals surface area contributed by atoms with Gasteiger partial charge in [-0.1, -0.05) is 5.10 Å². The van der Waals surface area contributed by atoms with Crippen molar-refractivity contribution in [3.8, 4) is 11.8 Å². The number of nitrogens with zero attached hydrogens (tertiary/aromatic N) is 9. The molecular weight excluding hydrogens is 222 g/mol. The Morgan fingerprint density at radius 3 is 2.59 bits per heavy atom. The molecule has 3 heterocycles. The Kier molecular flexibility index (Phi) is 2.07. The largest absolute Gasteiger partial charge is 0.262 e. The van der Waals surface area contributed by atoms with E-state index in [9.17, 15) is 0 Å². The van der Waals surface area contributed by atoms with E-state index >= 15 is 0 Å². The van der Waals surface area contributed by atoms with E-state index < -0.39 is 0 Å². The van der Waals surface area contributed by atoms with E-state index in [1.807, 2.05) is 6.92 Å². The van der Waals surface area contributed by atoms with Gasteiger partial charge in [-0.05, 0) is 17.4 Å². The van der Waals surface area contributed by atoms with E-state index in [2.05, 4.69) is 35.7 Å². The van der Waals surface area contributed by atoms with Gasteiger partial charge in [0, 0.05) is 12.4 Å². The maximum atomic E-state index is 4.20. The van der Waals surface area contributed by atoms with Gasteiger partial charge in [-0.3, -0.25) is 9.55 Å². The Labute approximate surface area is 95.2 Å². The monoisotopic (exact) mass is 229 g/mol. The molecule has 17 heavy (non-hydrogen) atoms. The van der Waals surface area contributed by atoms with Gasteiger partial charge in [0.1, 0.15) is 12.7 Å². The number of aromatic nitrogens is 9. The quantitative estimate of drug-likeness (QED) is 0.575. The smallest absolute Gasteiger partial charge is 0.256 e. The maximum Gasteiger partial charge on any atom is 0.262 e. The fourth-order valence-corrected chi connectivity index (χ4v) is 1.39. The Bertz CT molecular complexity index is 626. The predicted octanol–water partition coefficient (Wildman–Crippen LogP) is -0.659. The van der Waals surface area contributed by atoms with E-state index in [0.29, 0.717) is 11.8 Å². The standard InChI is InChI=1S/C8H7N9/c1-6-7(10-3-2-9-6)17-8(13-14-15-17)16-4-11-12-5-16/h2-5H,1H3. The molecule has 0 saturated heterocycles. The molecule has 3 aromatic rings. The van der Waals surface area contributed by atoms with Crippen LogP contribution in [0.15, 0.2) is 25.0 Å². The molecule has 0 saturated carbocycles. The Hall–Kier alpha value is -2.71. The summed E-state index contributed by atoms with van der Waals surface area (Å²) in [6, 6.07) is 0. The molecule has 0 aliphatic rings. The Morgan fingerprint density at radius 1 is 1.06 bits per heavy atom. The van der Waals surface area contributed by atoms with Gasteiger partial charge < -0.3 is 0 Å². The molecule has 0 fully saturated rings. The molecular formula is C8H7N9. The normalized spacial score (nSPS) is 10.6. The molecule has 0 aliphatic heterocycles. The van der Waals surface area contributed by atoms with Crippen LogP contribution in [0.5, 0.6) is 0 Å². The summed E-state index contributed by atoms with van der Waals surface area (Å²) < 4.78 is 3.07. The second-order valence-electron chi connectivity index (χ2n) is 3.23. The summed E-state index contributed by atoms with van der Waals surface area (Å²) in [6.07, 6.45) is 6.21. The Morgan fingerprint density at radius 2 is 1.82 bits per heavy atom. The molecule has 9 nitrogen and oxygen atoms in total. The first-order valence-electron chi connectivity index (χ1n) is 4.77. The highest BCUT2D eigenvalue weighted by atomic mass is 15.6. The van der Waals surface area contributed by atoms with Crippen LogP contribution in [-0.2, 0) is 0 Å². The van der Waals surface area contributed by atoms with Crippen LogP contribution in [0.3, 0.4) is 0 Å². The van der Waals surface area contributed by atoms with Crippen LogP contribution >= 0.6 is 0 Å². The number of hydrogen-bond donors (Lipinski definition) is 0. The SMILES string of the molecule is Cc1nccnc1-n1nnnc1-n1cnnc1. The summed E-state index contributed by atoms with van der Waals surface area (Å²) in [5.41, 5.74) is 0.731. The third kappa shape index (κ3) is 1.53. The molecule has 0 bridgehead atoms. The lowest BCUT2D eigenvalue weighted by atomic mass is 10.4. The van der Waals surface area contributed by atoms with E-state index in [1.165, 1.54) is 17.3 Å². The minimum Gasteiger partial charge on any atom is -0.256 e. The van der Waals surface area contributed by atoms with Crippen molar-refractivity contribution < 1.29 is 0 Å². The zero-order valence-corrected chi connectivity index (χ0v) is 8.83. The summed E-state index contributed by atoms with van der Waals surface area (Å²) in [6.45, 7) is 1.83. The molecule has 84 valence electrons. The van der Waals surface area contributed by atoms with Gasteiger partial charge in [-0.2, -0.15) is 4.68 Å².